The van der Waals surface area contributed by atoms with E-state index in [9.17, 15) is 13.2 Å². The third kappa shape index (κ3) is 5.25. The van der Waals surface area contributed by atoms with Crippen molar-refractivity contribution >= 4 is 41.6 Å². The van der Waals surface area contributed by atoms with Gasteiger partial charge in [0.2, 0.25) is 0 Å². The van der Waals surface area contributed by atoms with Crippen molar-refractivity contribution in [2.45, 2.75) is 24.8 Å². The molecule has 1 rings (SSSR count). The van der Waals surface area contributed by atoms with E-state index in [2.05, 4.69) is 15.9 Å². The van der Waals surface area contributed by atoms with Crippen LogP contribution in [0.5, 0.6) is 0 Å². The summed E-state index contributed by atoms with van der Waals surface area (Å²) in [6.45, 7) is 4.58. The number of hydrogen-bond donors (Lipinski definition) is 0. The maximum absolute atomic E-state index is 12.5. The van der Waals surface area contributed by atoms with Gasteiger partial charge in [-0.2, -0.15) is 0 Å². The van der Waals surface area contributed by atoms with Crippen LogP contribution in [0.25, 0.3) is 0 Å². The summed E-state index contributed by atoms with van der Waals surface area (Å²) in [7, 11) is 3.00. The SMILES string of the molecule is COCCN(C(=O)c1cc(Br)cc(S(=O)(=O)Cl)c1)C(C)C. The molecule has 0 aliphatic carbocycles. The van der Waals surface area contributed by atoms with E-state index in [1.807, 2.05) is 13.8 Å². The molecule has 0 aromatic heterocycles. The number of halogens is 2. The van der Waals surface area contributed by atoms with Gasteiger partial charge in [0.1, 0.15) is 0 Å². The fourth-order valence-corrected chi connectivity index (χ4v) is 3.22. The first-order valence-electron chi connectivity index (χ1n) is 6.22. The van der Waals surface area contributed by atoms with Gasteiger partial charge >= 0.3 is 0 Å². The summed E-state index contributed by atoms with van der Waals surface area (Å²) in [5.41, 5.74) is 0.258. The zero-order valence-corrected chi connectivity index (χ0v) is 15.1. The molecule has 0 radical (unpaired) electrons. The quantitative estimate of drug-likeness (QED) is 0.691. The first-order valence-corrected chi connectivity index (χ1v) is 9.32. The van der Waals surface area contributed by atoms with Crippen molar-refractivity contribution in [1.29, 1.82) is 0 Å². The van der Waals surface area contributed by atoms with Crippen LogP contribution >= 0.6 is 26.6 Å². The highest BCUT2D eigenvalue weighted by Crippen LogP contribution is 2.23. The Morgan fingerprint density at radius 1 is 1.38 bits per heavy atom. The normalized spacial score (nSPS) is 11.7. The molecular weight excluding hydrogens is 382 g/mol. The number of nitrogens with zero attached hydrogens (tertiary/aromatic N) is 1. The largest absolute Gasteiger partial charge is 0.383 e. The zero-order chi connectivity index (χ0) is 16.2. The Morgan fingerprint density at radius 3 is 2.48 bits per heavy atom. The molecule has 0 bridgehead atoms. The number of carbonyl (C=O) groups is 1. The van der Waals surface area contributed by atoms with E-state index < -0.39 is 9.05 Å². The predicted octanol–water partition coefficient (Wildman–Crippen LogP) is 2.87. The lowest BCUT2D eigenvalue weighted by Crippen LogP contribution is -2.39. The number of benzene rings is 1. The standard InChI is InChI=1S/C13H17BrClNO4S/c1-9(2)16(4-5-20-3)13(17)10-6-11(14)8-12(7-10)21(15,18)19/h6-9H,4-5H2,1-3H3. The zero-order valence-electron chi connectivity index (χ0n) is 12.0. The minimum atomic E-state index is -3.90. The molecule has 0 heterocycles. The molecule has 0 fully saturated rings. The molecule has 0 saturated heterocycles. The molecule has 0 saturated carbocycles. The molecule has 0 aliphatic heterocycles. The Morgan fingerprint density at radius 2 is 2.00 bits per heavy atom. The van der Waals surface area contributed by atoms with E-state index in [0.29, 0.717) is 17.6 Å². The van der Waals surface area contributed by atoms with E-state index in [4.69, 9.17) is 15.4 Å². The summed E-state index contributed by atoms with van der Waals surface area (Å²) in [6, 6.07) is 4.16. The minimum absolute atomic E-state index is 0.0392. The van der Waals surface area contributed by atoms with Crippen molar-refractivity contribution in [1.82, 2.24) is 4.90 Å². The second kappa shape index (κ2) is 7.58. The van der Waals surface area contributed by atoms with E-state index in [1.165, 1.54) is 12.1 Å². The fourth-order valence-electron chi connectivity index (χ4n) is 1.78. The summed E-state index contributed by atoms with van der Waals surface area (Å²) in [6.07, 6.45) is 0. The Balaban J connectivity index is 3.19. The van der Waals surface area contributed by atoms with E-state index >= 15 is 0 Å². The Kier molecular flexibility index (Phi) is 6.65. The van der Waals surface area contributed by atoms with Crippen molar-refractivity contribution in [2.75, 3.05) is 20.3 Å². The van der Waals surface area contributed by atoms with Gasteiger partial charge in [0.05, 0.1) is 11.5 Å². The maximum Gasteiger partial charge on any atom is 0.261 e. The molecule has 0 aliphatic rings. The average Bonchev–Trinajstić information content (AvgIpc) is 2.36. The Bertz CT molecular complexity index is 619. The lowest BCUT2D eigenvalue weighted by molar-refractivity contribution is 0.0634. The maximum atomic E-state index is 12.5. The van der Waals surface area contributed by atoms with Crippen LogP contribution in [0, 0.1) is 0 Å². The minimum Gasteiger partial charge on any atom is -0.383 e. The highest BCUT2D eigenvalue weighted by molar-refractivity contribution is 9.10. The summed E-state index contributed by atoms with van der Waals surface area (Å²) >= 11 is 3.19. The van der Waals surface area contributed by atoms with Gasteiger partial charge in [0.15, 0.2) is 0 Å². The van der Waals surface area contributed by atoms with E-state index in [0.717, 1.165) is 0 Å². The molecule has 21 heavy (non-hydrogen) atoms. The van der Waals surface area contributed by atoms with Crippen molar-refractivity contribution in [2.24, 2.45) is 0 Å². The molecule has 0 spiro atoms. The number of methoxy groups -OCH3 is 1. The third-order valence-corrected chi connectivity index (χ3v) is 4.61. The summed E-state index contributed by atoms with van der Waals surface area (Å²) in [5, 5.41) is 0. The first kappa shape index (κ1) is 18.4. The van der Waals surface area contributed by atoms with Crippen molar-refractivity contribution in [3.63, 3.8) is 0 Å². The number of carbonyl (C=O) groups excluding carboxylic acids is 1. The summed E-state index contributed by atoms with van der Waals surface area (Å²) < 4.78 is 28.3. The molecule has 8 heteroatoms. The fraction of sp³-hybridized carbons (Fsp3) is 0.462. The monoisotopic (exact) mass is 397 g/mol. The third-order valence-electron chi connectivity index (χ3n) is 2.82. The molecule has 0 atom stereocenters. The topological polar surface area (TPSA) is 63.7 Å². The van der Waals surface area contributed by atoms with Crippen LogP contribution in [-0.4, -0.2) is 45.5 Å². The number of amides is 1. The van der Waals surface area contributed by atoms with Crippen LogP contribution in [0.2, 0.25) is 0 Å². The second-order valence-electron chi connectivity index (χ2n) is 4.70. The Hall–Kier alpha value is -0.630. The lowest BCUT2D eigenvalue weighted by atomic mass is 10.1. The van der Waals surface area contributed by atoms with Crippen LogP contribution in [-0.2, 0) is 13.8 Å². The summed E-state index contributed by atoms with van der Waals surface area (Å²) in [5.74, 6) is -0.273. The summed E-state index contributed by atoms with van der Waals surface area (Å²) in [4.78, 5) is 14.0. The molecular formula is C13H17BrClNO4S. The molecule has 5 nitrogen and oxygen atoms in total. The molecule has 1 aromatic rings. The molecule has 1 amide bonds. The van der Waals surface area contributed by atoms with Gasteiger partial charge in [-0.15, -0.1) is 0 Å². The van der Waals surface area contributed by atoms with Crippen LogP contribution in [0.3, 0.4) is 0 Å². The second-order valence-corrected chi connectivity index (χ2v) is 8.18. The number of rotatable bonds is 6. The van der Waals surface area contributed by atoms with Crippen LogP contribution < -0.4 is 0 Å². The molecule has 0 unspecified atom stereocenters. The highest BCUT2D eigenvalue weighted by atomic mass is 79.9. The molecule has 0 N–H and O–H groups in total. The van der Waals surface area contributed by atoms with Crippen LogP contribution in [0.4, 0.5) is 0 Å². The van der Waals surface area contributed by atoms with Crippen molar-refractivity contribution < 1.29 is 17.9 Å². The highest BCUT2D eigenvalue weighted by Gasteiger charge is 2.21. The van der Waals surface area contributed by atoms with Gasteiger partial charge in [0, 0.05) is 40.4 Å². The lowest BCUT2D eigenvalue weighted by Gasteiger charge is -2.26. The van der Waals surface area contributed by atoms with E-state index in [1.54, 1.807) is 18.1 Å². The Labute approximate surface area is 137 Å². The van der Waals surface area contributed by atoms with Gasteiger partial charge in [-0.25, -0.2) is 8.42 Å². The molecule has 1 aromatic carbocycles. The van der Waals surface area contributed by atoms with Gasteiger partial charge < -0.3 is 9.64 Å². The van der Waals surface area contributed by atoms with Gasteiger partial charge in [0.25, 0.3) is 15.0 Å². The average molecular weight is 399 g/mol. The first-order chi connectivity index (χ1) is 9.66. The van der Waals surface area contributed by atoms with E-state index in [-0.39, 0.29) is 22.4 Å². The predicted molar refractivity (Wildman–Crippen MR) is 85.2 cm³/mol. The van der Waals surface area contributed by atoms with Crippen LogP contribution in [0.15, 0.2) is 27.6 Å². The van der Waals surface area contributed by atoms with Gasteiger partial charge in [-0.1, -0.05) is 15.9 Å². The van der Waals surface area contributed by atoms with Crippen molar-refractivity contribution in [3.05, 3.63) is 28.2 Å². The molecule has 118 valence electrons. The smallest absolute Gasteiger partial charge is 0.261 e. The van der Waals surface area contributed by atoms with Gasteiger partial charge in [-0.05, 0) is 32.0 Å². The van der Waals surface area contributed by atoms with Gasteiger partial charge in [-0.3, -0.25) is 4.79 Å². The number of ether oxygens (including phenoxy) is 1. The van der Waals surface area contributed by atoms with Crippen molar-refractivity contribution in [3.8, 4) is 0 Å². The number of hydrogen-bond acceptors (Lipinski definition) is 4. The van der Waals surface area contributed by atoms with Crippen LogP contribution in [0.1, 0.15) is 24.2 Å².